The molecule has 46 valence electrons. The van der Waals surface area contributed by atoms with Crippen molar-refractivity contribution in [1.82, 2.24) is 0 Å². The highest BCUT2D eigenvalue weighted by Gasteiger charge is 2.10. The normalized spacial score (nSPS) is 13.4. The topological polar surface area (TPSA) is 12.0 Å². The maximum absolute atomic E-state index is 5.71. The lowest BCUT2D eigenvalue weighted by Crippen LogP contribution is -2.12. The van der Waals surface area contributed by atoms with E-state index in [2.05, 4.69) is 5.32 Å². The fourth-order valence-electron chi connectivity index (χ4n) is 0.951. The molecule has 0 radical (unpaired) electrons. The Balaban J connectivity index is 2.57. The van der Waals surface area contributed by atoms with Crippen molar-refractivity contribution in [2.45, 2.75) is 6.54 Å². The van der Waals surface area contributed by atoms with Gasteiger partial charge >= 0.3 is 0 Å². The fourth-order valence-corrected chi connectivity index (χ4v) is 1.12. The van der Waals surface area contributed by atoms with Crippen molar-refractivity contribution in [3.63, 3.8) is 0 Å². The first-order valence-corrected chi connectivity index (χ1v) is 3.26. The molecule has 1 aromatic carbocycles. The molecular formula is C7H6ClN. The van der Waals surface area contributed by atoms with Gasteiger partial charge in [-0.25, -0.2) is 0 Å². The van der Waals surface area contributed by atoms with Crippen molar-refractivity contribution in [2.75, 3.05) is 5.32 Å². The van der Waals surface area contributed by atoms with Gasteiger partial charge in [0.1, 0.15) is 0 Å². The predicted molar refractivity (Wildman–Crippen MR) is 38.8 cm³/mol. The van der Waals surface area contributed by atoms with Gasteiger partial charge in [-0.2, -0.15) is 0 Å². The first kappa shape index (κ1) is 5.12. The highest BCUT2D eigenvalue weighted by molar-refractivity contribution is 6.30. The Morgan fingerprint density at radius 1 is 1.44 bits per heavy atom. The van der Waals surface area contributed by atoms with E-state index in [9.17, 15) is 0 Å². The van der Waals surface area contributed by atoms with Crippen molar-refractivity contribution >= 4 is 17.3 Å². The summed E-state index contributed by atoms with van der Waals surface area (Å²) in [6.45, 7) is 0.993. The summed E-state index contributed by atoms with van der Waals surface area (Å²) in [5.41, 5.74) is 2.54. The van der Waals surface area contributed by atoms with E-state index in [4.69, 9.17) is 11.6 Å². The van der Waals surface area contributed by atoms with E-state index in [1.807, 2.05) is 18.2 Å². The molecule has 1 N–H and O–H groups in total. The van der Waals surface area contributed by atoms with Crippen LogP contribution in [0.4, 0.5) is 5.69 Å². The molecule has 1 aliphatic rings. The van der Waals surface area contributed by atoms with E-state index in [1.54, 1.807) is 0 Å². The van der Waals surface area contributed by atoms with E-state index < -0.39 is 0 Å². The van der Waals surface area contributed by atoms with Gasteiger partial charge < -0.3 is 5.32 Å². The van der Waals surface area contributed by atoms with E-state index >= 15 is 0 Å². The number of nitrogens with one attached hydrogen (secondary N) is 1. The maximum Gasteiger partial charge on any atom is 0.0426 e. The Bertz CT molecular complexity index is 245. The largest absolute Gasteiger partial charge is 0.381 e. The molecule has 1 aromatic rings. The fraction of sp³-hybridized carbons (Fsp3) is 0.143. The summed E-state index contributed by atoms with van der Waals surface area (Å²) in [7, 11) is 0. The molecule has 1 nitrogen and oxygen atoms in total. The molecule has 2 rings (SSSR count). The van der Waals surface area contributed by atoms with E-state index in [0.717, 1.165) is 11.6 Å². The van der Waals surface area contributed by atoms with Gasteiger partial charge in [0.25, 0.3) is 0 Å². The van der Waals surface area contributed by atoms with Gasteiger partial charge in [0.15, 0.2) is 0 Å². The Morgan fingerprint density at radius 2 is 2.33 bits per heavy atom. The second kappa shape index (κ2) is 1.64. The predicted octanol–water partition coefficient (Wildman–Crippen LogP) is 2.27. The minimum absolute atomic E-state index is 0.806. The third-order valence-electron chi connectivity index (χ3n) is 1.54. The molecule has 0 fully saturated rings. The standard InChI is InChI=1S/C7H6ClN/c8-6-2-1-5-4-9-7(5)3-6/h1-3,9H,4H2. The lowest BCUT2D eigenvalue weighted by atomic mass is 10.1. The molecule has 1 heterocycles. The molecule has 0 saturated heterocycles. The van der Waals surface area contributed by atoms with Crippen LogP contribution in [0.5, 0.6) is 0 Å². The van der Waals surface area contributed by atoms with Crippen molar-refractivity contribution in [1.29, 1.82) is 0 Å². The van der Waals surface area contributed by atoms with E-state index in [-0.39, 0.29) is 0 Å². The zero-order valence-corrected chi connectivity index (χ0v) is 5.57. The summed E-state index contributed by atoms with van der Waals surface area (Å²) in [6, 6.07) is 5.91. The highest BCUT2D eigenvalue weighted by atomic mass is 35.5. The smallest absolute Gasteiger partial charge is 0.0426 e. The zero-order valence-electron chi connectivity index (χ0n) is 4.82. The number of hydrogen-bond donors (Lipinski definition) is 1. The van der Waals surface area contributed by atoms with Gasteiger partial charge in [-0.05, 0) is 17.7 Å². The first-order chi connectivity index (χ1) is 4.36. The number of rotatable bonds is 0. The molecular weight excluding hydrogens is 134 g/mol. The van der Waals surface area contributed by atoms with E-state index in [0.29, 0.717) is 0 Å². The van der Waals surface area contributed by atoms with Crippen LogP contribution in [0.2, 0.25) is 5.02 Å². The maximum atomic E-state index is 5.71. The summed E-state index contributed by atoms with van der Waals surface area (Å²) in [5.74, 6) is 0. The SMILES string of the molecule is Clc1ccc2c(c1)NC2. The van der Waals surface area contributed by atoms with Crippen LogP contribution < -0.4 is 5.32 Å². The monoisotopic (exact) mass is 139 g/mol. The molecule has 0 amide bonds. The van der Waals surface area contributed by atoms with Gasteiger partial charge in [-0.15, -0.1) is 0 Å². The molecule has 0 atom stereocenters. The summed E-state index contributed by atoms with van der Waals surface area (Å²) < 4.78 is 0. The molecule has 2 heteroatoms. The van der Waals surface area contributed by atoms with Crippen molar-refractivity contribution in [3.8, 4) is 0 Å². The van der Waals surface area contributed by atoms with Crippen LogP contribution in [-0.4, -0.2) is 0 Å². The van der Waals surface area contributed by atoms with Crippen LogP contribution in [0, 0.1) is 0 Å². The van der Waals surface area contributed by atoms with Crippen molar-refractivity contribution in [3.05, 3.63) is 28.8 Å². The van der Waals surface area contributed by atoms with Gasteiger partial charge in [0.05, 0.1) is 0 Å². The Kier molecular flexibility index (Phi) is 0.935. The lowest BCUT2D eigenvalue weighted by Gasteiger charge is -2.20. The minimum atomic E-state index is 0.806. The molecule has 1 aliphatic heterocycles. The summed E-state index contributed by atoms with van der Waals surface area (Å²) in [4.78, 5) is 0. The molecule has 0 aromatic heterocycles. The first-order valence-electron chi connectivity index (χ1n) is 2.88. The van der Waals surface area contributed by atoms with Crippen LogP contribution in [0.1, 0.15) is 5.56 Å². The number of anilines is 1. The quantitative estimate of drug-likeness (QED) is 0.582. The number of benzene rings is 1. The van der Waals surface area contributed by atoms with Crippen LogP contribution in [0.15, 0.2) is 18.2 Å². The average Bonchev–Trinajstić information content (AvgIpc) is 1.78. The van der Waals surface area contributed by atoms with Crippen LogP contribution in [0.3, 0.4) is 0 Å². The van der Waals surface area contributed by atoms with Crippen LogP contribution in [-0.2, 0) is 6.54 Å². The van der Waals surface area contributed by atoms with Crippen LogP contribution in [0.25, 0.3) is 0 Å². The highest BCUT2D eigenvalue weighted by Crippen LogP contribution is 2.27. The molecule has 0 saturated carbocycles. The van der Waals surface area contributed by atoms with Crippen molar-refractivity contribution in [2.24, 2.45) is 0 Å². The molecule has 9 heavy (non-hydrogen) atoms. The second-order valence-corrected chi connectivity index (χ2v) is 2.59. The second-order valence-electron chi connectivity index (χ2n) is 2.16. The van der Waals surface area contributed by atoms with Gasteiger partial charge in [-0.1, -0.05) is 17.7 Å². The molecule has 0 aliphatic carbocycles. The molecule has 0 unspecified atom stereocenters. The molecule has 0 bridgehead atoms. The summed E-state index contributed by atoms with van der Waals surface area (Å²) in [5, 5.41) is 3.95. The van der Waals surface area contributed by atoms with Crippen LogP contribution >= 0.6 is 11.6 Å². The van der Waals surface area contributed by atoms with E-state index in [1.165, 1.54) is 11.3 Å². The van der Waals surface area contributed by atoms with Gasteiger partial charge in [0.2, 0.25) is 0 Å². The number of fused-ring (bicyclic) bond motifs is 1. The third kappa shape index (κ3) is 0.688. The number of halogens is 1. The van der Waals surface area contributed by atoms with Crippen molar-refractivity contribution < 1.29 is 0 Å². The summed E-state index contributed by atoms with van der Waals surface area (Å²) >= 11 is 5.71. The third-order valence-corrected chi connectivity index (χ3v) is 1.78. The Hall–Kier alpha value is -0.690. The van der Waals surface area contributed by atoms with Gasteiger partial charge in [0, 0.05) is 17.3 Å². The zero-order chi connectivity index (χ0) is 6.27. The Morgan fingerprint density at radius 3 is 2.78 bits per heavy atom. The molecule has 0 spiro atoms. The lowest BCUT2D eigenvalue weighted by molar-refractivity contribution is 1.05. The summed E-state index contributed by atoms with van der Waals surface area (Å²) in [6.07, 6.45) is 0. The Labute approximate surface area is 58.6 Å². The minimum Gasteiger partial charge on any atom is -0.381 e. The average molecular weight is 140 g/mol. The van der Waals surface area contributed by atoms with Gasteiger partial charge in [-0.3, -0.25) is 0 Å². The number of hydrogen-bond acceptors (Lipinski definition) is 1.